The number of aryl methyl sites for hydroxylation is 1. The van der Waals surface area contributed by atoms with Crippen LogP contribution in [0.1, 0.15) is 34.0 Å². The van der Waals surface area contributed by atoms with E-state index in [2.05, 4.69) is 10.3 Å². The maximum Gasteiger partial charge on any atom is 0.316 e. The van der Waals surface area contributed by atoms with Crippen molar-refractivity contribution in [1.82, 2.24) is 14.9 Å². The number of hydrogen-bond acceptors (Lipinski definition) is 4. The van der Waals surface area contributed by atoms with Gasteiger partial charge in [0, 0.05) is 18.7 Å². The van der Waals surface area contributed by atoms with Crippen LogP contribution in [0.4, 0.5) is 0 Å². The molecule has 0 saturated heterocycles. The number of ether oxygens (including phenoxy) is 1. The molecule has 0 aliphatic carbocycles. The first-order valence-electron chi connectivity index (χ1n) is 10.8. The van der Waals surface area contributed by atoms with E-state index in [9.17, 15) is 14.4 Å². The summed E-state index contributed by atoms with van der Waals surface area (Å²) in [4.78, 5) is 39.0. The molecule has 0 radical (unpaired) electrons. The molecule has 0 fully saturated rings. The van der Waals surface area contributed by atoms with E-state index in [4.69, 9.17) is 4.74 Å². The minimum Gasteiger partial charge on any atom is -0.372 e. The summed E-state index contributed by atoms with van der Waals surface area (Å²) < 4.78 is 7.14. The zero-order chi connectivity index (χ0) is 23.2. The third kappa shape index (κ3) is 5.27. The average Bonchev–Trinajstić information content (AvgIpc) is 2.84. The molecule has 2 N–H and O–H groups in total. The van der Waals surface area contributed by atoms with E-state index >= 15 is 0 Å². The molecule has 7 heteroatoms. The molecule has 0 bridgehead atoms. The van der Waals surface area contributed by atoms with Crippen molar-refractivity contribution in [2.75, 3.05) is 0 Å². The quantitative estimate of drug-likeness (QED) is 0.409. The Bertz CT molecular complexity index is 1370. The SMILES string of the molecule is CCn1c(=O)c(=O)[nH]c2cc(C(=O)NCc3ccc(COCc4ccccc4)cc3)ccc21. The first-order chi connectivity index (χ1) is 16.0. The van der Waals surface area contributed by atoms with Crippen LogP contribution in [0.25, 0.3) is 11.0 Å². The molecular weight excluding hydrogens is 418 g/mol. The van der Waals surface area contributed by atoms with Gasteiger partial charge in [-0.1, -0.05) is 54.6 Å². The number of amides is 1. The van der Waals surface area contributed by atoms with Crippen LogP contribution in [0, 0.1) is 0 Å². The zero-order valence-corrected chi connectivity index (χ0v) is 18.3. The fraction of sp³-hybridized carbons (Fsp3) is 0.192. The summed E-state index contributed by atoms with van der Waals surface area (Å²) in [6, 6.07) is 22.8. The van der Waals surface area contributed by atoms with Crippen molar-refractivity contribution >= 4 is 16.9 Å². The van der Waals surface area contributed by atoms with Gasteiger partial charge in [-0.2, -0.15) is 0 Å². The van der Waals surface area contributed by atoms with E-state index in [0.29, 0.717) is 42.9 Å². The summed E-state index contributed by atoms with van der Waals surface area (Å²) in [5.41, 5.74) is 3.30. The van der Waals surface area contributed by atoms with Crippen molar-refractivity contribution in [1.29, 1.82) is 0 Å². The average molecular weight is 444 g/mol. The highest BCUT2D eigenvalue weighted by Gasteiger charge is 2.11. The van der Waals surface area contributed by atoms with Crippen molar-refractivity contribution < 1.29 is 9.53 Å². The second-order valence-corrected chi connectivity index (χ2v) is 7.71. The molecule has 0 spiro atoms. The monoisotopic (exact) mass is 443 g/mol. The molecule has 7 nitrogen and oxygen atoms in total. The van der Waals surface area contributed by atoms with Gasteiger partial charge in [0.15, 0.2) is 0 Å². The van der Waals surface area contributed by atoms with E-state index in [1.807, 2.05) is 54.6 Å². The number of aromatic nitrogens is 2. The highest BCUT2D eigenvalue weighted by molar-refractivity contribution is 5.97. The standard InChI is InChI=1S/C26H25N3O4/c1-2-29-23-13-12-21(14-22(23)28-25(31)26(29)32)24(30)27-15-18-8-10-20(11-9-18)17-33-16-19-6-4-3-5-7-19/h3-14H,2,15-17H2,1H3,(H,27,30)(H,28,31). The first-order valence-corrected chi connectivity index (χ1v) is 10.8. The summed E-state index contributed by atoms with van der Waals surface area (Å²) in [5.74, 6) is -0.262. The number of rotatable bonds is 8. The lowest BCUT2D eigenvalue weighted by molar-refractivity contribution is 0.0951. The number of fused-ring (bicyclic) bond motifs is 1. The summed E-state index contributed by atoms with van der Waals surface area (Å²) in [6.45, 7) is 3.61. The third-order valence-electron chi connectivity index (χ3n) is 5.41. The molecule has 0 saturated carbocycles. The van der Waals surface area contributed by atoms with Crippen molar-refractivity contribution in [2.24, 2.45) is 0 Å². The highest BCUT2D eigenvalue weighted by Crippen LogP contribution is 2.13. The van der Waals surface area contributed by atoms with Crippen molar-refractivity contribution in [3.8, 4) is 0 Å². The molecule has 1 aromatic heterocycles. The summed E-state index contributed by atoms with van der Waals surface area (Å²) in [5, 5.41) is 2.89. The number of aromatic amines is 1. The zero-order valence-electron chi connectivity index (χ0n) is 18.3. The number of H-pyrrole nitrogens is 1. The number of nitrogens with zero attached hydrogens (tertiary/aromatic N) is 1. The van der Waals surface area contributed by atoms with Crippen LogP contribution < -0.4 is 16.4 Å². The molecule has 0 atom stereocenters. The van der Waals surface area contributed by atoms with Gasteiger partial charge in [0.1, 0.15) is 0 Å². The summed E-state index contributed by atoms with van der Waals surface area (Å²) >= 11 is 0. The van der Waals surface area contributed by atoms with Crippen molar-refractivity contribution in [3.05, 3.63) is 116 Å². The van der Waals surface area contributed by atoms with Gasteiger partial charge in [-0.25, -0.2) is 0 Å². The van der Waals surface area contributed by atoms with E-state index in [-0.39, 0.29) is 5.91 Å². The molecule has 1 heterocycles. The number of nitrogens with one attached hydrogen (secondary N) is 2. The fourth-order valence-corrected chi connectivity index (χ4v) is 3.63. The van der Waals surface area contributed by atoms with Crippen LogP contribution in [0.15, 0.2) is 82.4 Å². The second kappa shape index (κ2) is 10.1. The Balaban J connectivity index is 1.35. The summed E-state index contributed by atoms with van der Waals surface area (Å²) in [6.07, 6.45) is 0. The molecule has 33 heavy (non-hydrogen) atoms. The Morgan fingerprint density at radius 2 is 1.58 bits per heavy atom. The largest absolute Gasteiger partial charge is 0.372 e. The molecule has 4 aromatic rings. The van der Waals surface area contributed by atoms with Crippen LogP contribution in [-0.2, 0) is 31.0 Å². The maximum absolute atomic E-state index is 12.6. The highest BCUT2D eigenvalue weighted by atomic mass is 16.5. The van der Waals surface area contributed by atoms with E-state index in [0.717, 1.165) is 16.7 Å². The predicted octanol–water partition coefficient (Wildman–Crippen LogP) is 3.36. The van der Waals surface area contributed by atoms with E-state index < -0.39 is 11.1 Å². The van der Waals surface area contributed by atoms with Crippen LogP contribution >= 0.6 is 0 Å². The molecule has 1 amide bonds. The van der Waals surface area contributed by atoms with Crippen molar-refractivity contribution in [2.45, 2.75) is 33.2 Å². The van der Waals surface area contributed by atoms with Gasteiger partial charge in [-0.05, 0) is 41.8 Å². The topological polar surface area (TPSA) is 93.2 Å². The lowest BCUT2D eigenvalue weighted by atomic mass is 10.1. The van der Waals surface area contributed by atoms with Gasteiger partial charge < -0.3 is 19.6 Å². The first kappa shape index (κ1) is 22.2. The summed E-state index contributed by atoms with van der Waals surface area (Å²) in [7, 11) is 0. The molecule has 0 aliphatic rings. The van der Waals surface area contributed by atoms with Crippen LogP contribution in [0.2, 0.25) is 0 Å². The Morgan fingerprint density at radius 1 is 0.909 bits per heavy atom. The van der Waals surface area contributed by atoms with Gasteiger partial charge >= 0.3 is 11.1 Å². The number of hydrogen-bond donors (Lipinski definition) is 2. The minimum absolute atomic E-state index is 0.262. The van der Waals surface area contributed by atoms with Crippen LogP contribution in [0.3, 0.4) is 0 Å². The third-order valence-corrected chi connectivity index (χ3v) is 5.41. The number of carbonyl (C=O) groups is 1. The van der Waals surface area contributed by atoms with Crippen LogP contribution in [0.5, 0.6) is 0 Å². The minimum atomic E-state index is -0.699. The predicted molar refractivity (Wildman–Crippen MR) is 127 cm³/mol. The normalized spacial score (nSPS) is 10.9. The Labute approximate surface area is 190 Å². The second-order valence-electron chi connectivity index (χ2n) is 7.71. The molecule has 168 valence electrons. The maximum atomic E-state index is 12.6. The smallest absolute Gasteiger partial charge is 0.316 e. The molecular formula is C26H25N3O4. The fourth-order valence-electron chi connectivity index (χ4n) is 3.63. The van der Waals surface area contributed by atoms with Crippen molar-refractivity contribution in [3.63, 3.8) is 0 Å². The molecule has 3 aromatic carbocycles. The van der Waals surface area contributed by atoms with E-state index in [1.54, 1.807) is 25.1 Å². The Morgan fingerprint density at radius 3 is 2.27 bits per heavy atom. The Kier molecular flexibility index (Phi) is 6.80. The molecule has 4 rings (SSSR count). The number of benzene rings is 3. The lowest BCUT2D eigenvalue weighted by Crippen LogP contribution is -2.36. The van der Waals surface area contributed by atoms with Gasteiger partial charge in [-0.15, -0.1) is 0 Å². The molecule has 0 aliphatic heterocycles. The van der Waals surface area contributed by atoms with Gasteiger partial charge in [-0.3, -0.25) is 14.4 Å². The number of carbonyl (C=O) groups excluding carboxylic acids is 1. The lowest BCUT2D eigenvalue weighted by Gasteiger charge is -2.10. The van der Waals surface area contributed by atoms with Gasteiger partial charge in [0.25, 0.3) is 5.91 Å². The Hall–Kier alpha value is -3.97. The van der Waals surface area contributed by atoms with Gasteiger partial charge in [0.2, 0.25) is 0 Å². The van der Waals surface area contributed by atoms with Crippen LogP contribution in [-0.4, -0.2) is 15.5 Å². The molecule has 0 unspecified atom stereocenters. The van der Waals surface area contributed by atoms with E-state index in [1.165, 1.54) is 4.57 Å². The van der Waals surface area contributed by atoms with Gasteiger partial charge in [0.05, 0.1) is 24.2 Å².